The van der Waals surface area contributed by atoms with Crippen LogP contribution in [0.15, 0.2) is 11.9 Å². The molecule has 31 heavy (non-hydrogen) atoms. The molecule has 0 aliphatic heterocycles. The minimum atomic E-state index is -0.140. The summed E-state index contributed by atoms with van der Waals surface area (Å²) < 4.78 is 5.83. The zero-order valence-electron chi connectivity index (χ0n) is 19.7. The molecule has 8 atom stereocenters. The number of methoxy groups -OCH3 is 1. The summed E-state index contributed by atoms with van der Waals surface area (Å²) in [6, 6.07) is 0. The first-order valence-electron chi connectivity index (χ1n) is 12.4. The summed E-state index contributed by atoms with van der Waals surface area (Å²) in [7, 11) is 1.84. The summed E-state index contributed by atoms with van der Waals surface area (Å²) >= 11 is 0. The molecule has 0 radical (unpaired) electrons. The number of fused-ring (bicyclic) bond motifs is 5. The maximum Gasteiger partial charge on any atom is 0.157 e. The highest BCUT2D eigenvalue weighted by Gasteiger charge is 2.62. The van der Waals surface area contributed by atoms with Gasteiger partial charge in [-0.2, -0.15) is 0 Å². The predicted octanol–water partition coefficient (Wildman–Crippen LogP) is 3.20. The molecule has 0 aromatic carbocycles. The van der Waals surface area contributed by atoms with Gasteiger partial charge in [0.1, 0.15) is 0 Å². The highest BCUT2D eigenvalue weighted by molar-refractivity contribution is 5.84. The molecule has 0 heterocycles. The van der Waals surface area contributed by atoms with Crippen molar-refractivity contribution in [2.45, 2.75) is 77.7 Å². The first-order valence-corrected chi connectivity index (χ1v) is 12.4. The summed E-state index contributed by atoms with van der Waals surface area (Å²) in [4.78, 5) is 13.3. The molecule has 4 aliphatic rings. The molecule has 176 valence electrons. The zero-order valence-corrected chi connectivity index (χ0v) is 19.7. The fourth-order valence-electron chi connectivity index (χ4n) is 8.60. The van der Waals surface area contributed by atoms with Gasteiger partial charge in [-0.3, -0.25) is 4.79 Å². The number of Topliss-reactive ketones (excluding diaryl/α,β-unsaturated/α-hetero) is 1. The first kappa shape index (κ1) is 23.1. The van der Waals surface area contributed by atoms with E-state index in [2.05, 4.69) is 6.92 Å². The fraction of sp³-hybridized carbons (Fsp3) is 0.880. The zero-order chi connectivity index (χ0) is 22.4. The monoisotopic (exact) mass is 433 g/mol. The van der Waals surface area contributed by atoms with Gasteiger partial charge in [-0.25, -0.2) is 5.84 Å². The van der Waals surface area contributed by atoms with Crippen molar-refractivity contribution in [3.63, 3.8) is 0 Å². The van der Waals surface area contributed by atoms with Crippen molar-refractivity contribution < 1.29 is 14.6 Å². The highest BCUT2D eigenvalue weighted by atomic mass is 16.5. The van der Waals surface area contributed by atoms with Crippen molar-refractivity contribution in [2.75, 3.05) is 20.3 Å². The van der Waals surface area contributed by atoms with Crippen LogP contribution in [0.5, 0.6) is 0 Å². The third kappa shape index (κ3) is 3.72. The van der Waals surface area contributed by atoms with E-state index in [0.717, 1.165) is 50.8 Å². The quantitative estimate of drug-likeness (QED) is 0.439. The van der Waals surface area contributed by atoms with Crippen LogP contribution in [0.4, 0.5) is 0 Å². The molecular weight excluding hydrogens is 390 g/mol. The van der Waals surface area contributed by atoms with Crippen LogP contribution < -0.4 is 11.6 Å². The van der Waals surface area contributed by atoms with Gasteiger partial charge in [0, 0.05) is 24.9 Å². The number of hydrogen-bond donors (Lipinski definition) is 3. The van der Waals surface area contributed by atoms with Crippen LogP contribution in [-0.2, 0) is 9.53 Å². The Balaban J connectivity index is 1.54. The van der Waals surface area contributed by atoms with Gasteiger partial charge in [-0.15, -0.1) is 0 Å². The molecule has 4 rings (SSSR count). The van der Waals surface area contributed by atoms with Gasteiger partial charge in [0.05, 0.1) is 19.3 Å². The standard InChI is InChI=1S/C25H43N3O3/c1-16(13-26)28(27)14-23(30)22-7-6-20-19-5-4-17-12-18(29)8-11-25(17,15-31-3)21(19)9-10-24(20,22)2/h13,17-22,29H,4-12,14-15,26-27H2,1-3H3/b16-13-/t17-,18+,19-,20-,21-,22+,24-,25+/m0/s1. The second-order valence-corrected chi connectivity index (χ2v) is 11.3. The Labute approximate surface area is 187 Å². The summed E-state index contributed by atoms with van der Waals surface area (Å²) in [6.07, 6.45) is 11.2. The predicted molar refractivity (Wildman–Crippen MR) is 121 cm³/mol. The second kappa shape index (κ2) is 8.68. The third-order valence-electron chi connectivity index (χ3n) is 10.2. The number of aliphatic hydroxyl groups is 1. The number of nitrogens with two attached hydrogens (primary N) is 2. The largest absolute Gasteiger partial charge is 0.403 e. The van der Waals surface area contributed by atoms with Crippen molar-refractivity contribution in [1.82, 2.24) is 5.01 Å². The van der Waals surface area contributed by atoms with Crippen molar-refractivity contribution in [3.05, 3.63) is 11.9 Å². The number of allylic oxidation sites excluding steroid dienone is 1. The number of nitrogens with zero attached hydrogens (tertiary/aromatic N) is 1. The molecule has 4 saturated carbocycles. The molecule has 5 N–H and O–H groups in total. The van der Waals surface area contributed by atoms with E-state index in [1.165, 1.54) is 30.5 Å². The molecule has 0 saturated heterocycles. The SMILES string of the molecule is COC[C@]12CC[C@@H](O)C[C@@H]1CC[C@H]1[C@@H]3CC[C@H](C(=O)CN(N)/C(C)=C\N)[C@@]3(C)CC[C@@H]12. The van der Waals surface area contributed by atoms with Gasteiger partial charge in [-0.05, 0) is 99.2 Å². The van der Waals surface area contributed by atoms with E-state index in [-0.39, 0.29) is 35.2 Å². The fourth-order valence-corrected chi connectivity index (χ4v) is 8.60. The van der Waals surface area contributed by atoms with Crippen LogP contribution >= 0.6 is 0 Å². The average molecular weight is 434 g/mol. The molecular formula is C25H43N3O3. The molecule has 4 fully saturated rings. The van der Waals surface area contributed by atoms with Crippen molar-refractivity contribution in [2.24, 2.45) is 52.0 Å². The van der Waals surface area contributed by atoms with Gasteiger partial charge in [0.2, 0.25) is 0 Å². The van der Waals surface area contributed by atoms with Gasteiger partial charge in [-0.1, -0.05) is 6.92 Å². The maximum absolute atomic E-state index is 13.3. The maximum atomic E-state index is 13.3. The summed E-state index contributed by atoms with van der Waals surface area (Å²) in [5.41, 5.74) is 6.62. The van der Waals surface area contributed by atoms with E-state index in [1.807, 2.05) is 14.0 Å². The van der Waals surface area contributed by atoms with E-state index in [9.17, 15) is 9.90 Å². The Bertz CT molecular complexity index is 712. The Morgan fingerprint density at radius 2 is 1.94 bits per heavy atom. The van der Waals surface area contributed by atoms with Crippen LogP contribution in [0.3, 0.4) is 0 Å². The molecule has 4 aliphatic carbocycles. The Morgan fingerprint density at radius 1 is 1.16 bits per heavy atom. The number of carbonyl (C=O) groups excluding carboxylic acids is 1. The van der Waals surface area contributed by atoms with Gasteiger partial charge in [0.25, 0.3) is 0 Å². The molecule has 6 heteroatoms. The minimum absolute atomic E-state index is 0.0781. The average Bonchev–Trinajstić information content (AvgIpc) is 3.10. The van der Waals surface area contributed by atoms with Crippen LogP contribution in [0.2, 0.25) is 0 Å². The third-order valence-corrected chi connectivity index (χ3v) is 10.2. The molecule has 0 aromatic rings. The van der Waals surface area contributed by atoms with Gasteiger partial charge in [0.15, 0.2) is 5.78 Å². The number of hydrogen-bond acceptors (Lipinski definition) is 6. The van der Waals surface area contributed by atoms with E-state index in [0.29, 0.717) is 23.7 Å². The van der Waals surface area contributed by atoms with E-state index in [4.69, 9.17) is 16.3 Å². The van der Waals surface area contributed by atoms with Crippen LogP contribution in [0.25, 0.3) is 0 Å². The summed E-state index contributed by atoms with van der Waals surface area (Å²) in [6.45, 7) is 5.29. The first-order chi connectivity index (χ1) is 14.8. The molecule has 0 bridgehead atoms. The van der Waals surface area contributed by atoms with E-state index < -0.39 is 0 Å². The highest BCUT2D eigenvalue weighted by Crippen LogP contribution is 2.67. The Morgan fingerprint density at radius 3 is 2.65 bits per heavy atom. The molecule has 0 unspecified atom stereocenters. The van der Waals surface area contributed by atoms with E-state index in [1.54, 1.807) is 0 Å². The lowest BCUT2D eigenvalue weighted by Crippen LogP contribution is -2.57. The van der Waals surface area contributed by atoms with Gasteiger partial charge < -0.3 is 20.6 Å². The lowest BCUT2D eigenvalue weighted by molar-refractivity contribution is -0.161. The Kier molecular flexibility index (Phi) is 6.46. The van der Waals surface area contributed by atoms with Gasteiger partial charge >= 0.3 is 0 Å². The van der Waals surface area contributed by atoms with Crippen LogP contribution in [0, 0.1) is 40.4 Å². The lowest BCUT2D eigenvalue weighted by Gasteiger charge is -2.61. The Hall–Kier alpha value is -1.11. The lowest BCUT2D eigenvalue weighted by atomic mass is 9.44. The summed E-state index contributed by atoms with van der Waals surface area (Å²) in [5.74, 6) is 8.98. The normalized spacial score (nSPS) is 44.9. The number of ether oxygens (including phenoxy) is 1. The molecule has 0 spiro atoms. The van der Waals surface area contributed by atoms with E-state index >= 15 is 0 Å². The van der Waals surface area contributed by atoms with Crippen molar-refractivity contribution in [1.29, 1.82) is 0 Å². The molecule has 0 aromatic heterocycles. The number of rotatable bonds is 6. The van der Waals surface area contributed by atoms with Crippen molar-refractivity contribution in [3.8, 4) is 0 Å². The minimum Gasteiger partial charge on any atom is -0.403 e. The van der Waals surface area contributed by atoms with Crippen molar-refractivity contribution >= 4 is 5.78 Å². The molecule has 0 amide bonds. The smallest absolute Gasteiger partial charge is 0.157 e. The number of carbonyl (C=O) groups is 1. The topological polar surface area (TPSA) is 102 Å². The summed E-state index contributed by atoms with van der Waals surface area (Å²) in [5, 5.41) is 11.8. The second-order valence-electron chi connectivity index (χ2n) is 11.3. The number of hydrazine groups is 1. The number of aliphatic hydroxyl groups excluding tert-OH is 1. The number of ketones is 1. The van der Waals surface area contributed by atoms with Crippen LogP contribution in [0.1, 0.15) is 71.6 Å². The van der Waals surface area contributed by atoms with Crippen LogP contribution in [-0.4, -0.2) is 42.3 Å². The molecule has 6 nitrogen and oxygen atoms in total.